The van der Waals surface area contributed by atoms with Crippen molar-refractivity contribution in [2.45, 2.75) is 6.42 Å². The van der Waals surface area contributed by atoms with E-state index in [9.17, 15) is 4.79 Å². The monoisotopic (exact) mass is 298 g/mol. The highest BCUT2D eigenvalue weighted by atomic mass is 79.9. The Balaban J connectivity index is 2.60. The van der Waals surface area contributed by atoms with Gasteiger partial charge in [0, 0.05) is 19.7 Å². The zero-order valence-electron chi connectivity index (χ0n) is 9.18. The Morgan fingerprint density at radius 3 is 3.06 bits per heavy atom. The van der Waals surface area contributed by atoms with Crippen LogP contribution in [0, 0.1) is 0 Å². The molecule has 17 heavy (non-hydrogen) atoms. The van der Waals surface area contributed by atoms with Crippen LogP contribution in [-0.4, -0.2) is 34.2 Å². The SMILES string of the molecule is COCCc1nc(Br)c2c(C(=O)O)cccn12. The fraction of sp³-hybridized carbons (Fsp3) is 0.273. The smallest absolute Gasteiger partial charge is 0.337 e. The lowest BCUT2D eigenvalue weighted by Crippen LogP contribution is -2.03. The van der Waals surface area contributed by atoms with Crippen LogP contribution in [0.5, 0.6) is 0 Å². The number of carboxylic acid groups (broad SMARTS) is 1. The van der Waals surface area contributed by atoms with E-state index in [4.69, 9.17) is 9.84 Å². The van der Waals surface area contributed by atoms with Crippen molar-refractivity contribution < 1.29 is 14.6 Å². The van der Waals surface area contributed by atoms with E-state index in [1.54, 1.807) is 29.8 Å². The summed E-state index contributed by atoms with van der Waals surface area (Å²) in [5, 5.41) is 9.11. The van der Waals surface area contributed by atoms with Gasteiger partial charge in [-0.25, -0.2) is 9.78 Å². The van der Waals surface area contributed by atoms with Crippen molar-refractivity contribution in [3.8, 4) is 0 Å². The Morgan fingerprint density at radius 1 is 1.65 bits per heavy atom. The lowest BCUT2D eigenvalue weighted by Gasteiger charge is -2.02. The minimum absolute atomic E-state index is 0.232. The van der Waals surface area contributed by atoms with E-state index in [1.165, 1.54) is 0 Å². The van der Waals surface area contributed by atoms with Crippen molar-refractivity contribution in [1.29, 1.82) is 0 Å². The van der Waals surface area contributed by atoms with Crippen LogP contribution in [0.25, 0.3) is 5.52 Å². The lowest BCUT2D eigenvalue weighted by atomic mass is 10.2. The summed E-state index contributed by atoms with van der Waals surface area (Å²) in [7, 11) is 1.62. The van der Waals surface area contributed by atoms with Crippen molar-refractivity contribution >= 4 is 27.4 Å². The second kappa shape index (κ2) is 4.85. The van der Waals surface area contributed by atoms with Gasteiger partial charge in [0.25, 0.3) is 0 Å². The molecular formula is C11H11BrN2O3. The number of pyridine rings is 1. The predicted molar refractivity (Wildman–Crippen MR) is 65.4 cm³/mol. The number of carbonyl (C=O) groups is 1. The first kappa shape index (κ1) is 12.1. The average Bonchev–Trinajstić information content (AvgIpc) is 2.64. The Bertz CT molecular complexity index is 565. The molecule has 5 nitrogen and oxygen atoms in total. The van der Waals surface area contributed by atoms with Gasteiger partial charge in [-0.1, -0.05) is 0 Å². The lowest BCUT2D eigenvalue weighted by molar-refractivity contribution is 0.0698. The molecule has 0 aliphatic rings. The molecule has 0 atom stereocenters. The first-order valence-electron chi connectivity index (χ1n) is 5.03. The first-order chi connectivity index (χ1) is 8.15. The Labute approximate surface area is 106 Å². The first-order valence-corrected chi connectivity index (χ1v) is 5.82. The number of hydrogen-bond acceptors (Lipinski definition) is 3. The molecule has 0 saturated heterocycles. The minimum atomic E-state index is -0.963. The van der Waals surface area contributed by atoms with Crippen LogP contribution in [0.3, 0.4) is 0 Å². The maximum Gasteiger partial charge on any atom is 0.337 e. The molecule has 1 N–H and O–H groups in total. The van der Waals surface area contributed by atoms with E-state index in [2.05, 4.69) is 20.9 Å². The summed E-state index contributed by atoms with van der Waals surface area (Å²) >= 11 is 3.29. The number of methoxy groups -OCH3 is 1. The number of imidazole rings is 1. The third kappa shape index (κ3) is 2.18. The van der Waals surface area contributed by atoms with E-state index in [1.807, 2.05) is 0 Å². The van der Waals surface area contributed by atoms with Crippen LogP contribution < -0.4 is 0 Å². The molecule has 0 unspecified atom stereocenters. The summed E-state index contributed by atoms with van der Waals surface area (Å²) in [5.74, 6) is -0.189. The van der Waals surface area contributed by atoms with E-state index in [0.717, 1.165) is 5.82 Å². The van der Waals surface area contributed by atoms with Crippen LogP contribution in [0.1, 0.15) is 16.2 Å². The van der Waals surface area contributed by atoms with E-state index >= 15 is 0 Å². The summed E-state index contributed by atoms with van der Waals surface area (Å²) in [5.41, 5.74) is 0.807. The zero-order chi connectivity index (χ0) is 12.4. The van der Waals surface area contributed by atoms with Crippen molar-refractivity contribution in [1.82, 2.24) is 9.38 Å². The van der Waals surface area contributed by atoms with Crippen LogP contribution >= 0.6 is 15.9 Å². The molecular weight excluding hydrogens is 288 g/mol. The molecule has 90 valence electrons. The van der Waals surface area contributed by atoms with E-state index in [-0.39, 0.29) is 5.56 Å². The molecule has 0 aliphatic carbocycles. The number of carboxylic acids is 1. The molecule has 0 aromatic carbocycles. The average molecular weight is 299 g/mol. The fourth-order valence-electron chi connectivity index (χ4n) is 1.70. The maximum atomic E-state index is 11.1. The van der Waals surface area contributed by atoms with Crippen LogP contribution in [0.4, 0.5) is 0 Å². The van der Waals surface area contributed by atoms with Gasteiger partial charge in [-0.3, -0.25) is 0 Å². The molecule has 0 radical (unpaired) electrons. The number of nitrogens with zero attached hydrogens (tertiary/aromatic N) is 2. The summed E-state index contributed by atoms with van der Waals surface area (Å²) in [6.07, 6.45) is 2.43. The van der Waals surface area contributed by atoms with Gasteiger partial charge in [0.2, 0.25) is 0 Å². The third-order valence-electron chi connectivity index (χ3n) is 2.45. The number of rotatable bonds is 4. The summed E-state index contributed by atoms with van der Waals surface area (Å²) in [4.78, 5) is 15.4. The van der Waals surface area contributed by atoms with Gasteiger partial charge in [0.15, 0.2) is 0 Å². The number of aromatic nitrogens is 2. The van der Waals surface area contributed by atoms with Gasteiger partial charge in [0.1, 0.15) is 10.4 Å². The number of aromatic carboxylic acids is 1. The third-order valence-corrected chi connectivity index (χ3v) is 3.01. The van der Waals surface area contributed by atoms with Gasteiger partial charge in [-0.15, -0.1) is 0 Å². The normalized spacial score (nSPS) is 10.9. The van der Waals surface area contributed by atoms with Gasteiger partial charge in [-0.2, -0.15) is 0 Å². The summed E-state index contributed by atoms with van der Waals surface area (Å²) in [6.45, 7) is 0.544. The molecule has 6 heteroatoms. The Hall–Kier alpha value is -1.40. The summed E-state index contributed by atoms with van der Waals surface area (Å²) < 4.78 is 7.31. The molecule has 0 amide bonds. The molecule has 0 fully saturated rings. The molecule has 2 rings (SSSR count). The molecule has 0 spiro atoms. The zero-order valence-corrected chi connectivity index (χ0v) is 10.8. The minimum Gasteiger partial charge on any atom is -0.478 e. The fourth-order valence-corrected chi connectivity index (χ4v) is 2.31. The van der Waals surface area contributed by atoms with Crippen molar-refractivity contribution in [3.05, 3.63) is 34.3 Å². The van der Waals surface area contributed by atoms with E-state index in [0.29, 0.717) is 23.1 Å². The highest BCUT2D eigenvalue weighted by molar-refractivity contribution is 9.10. The quantitative estimate of drug-likeness (QED) is 0.937. The number of hydrogen-bond donors (Lipinski definition) is 1. The largest absolute Gasteiger partial charge is 0.478 e. The van der Waals surface area contributed by atoms with E-state index < -0.39 is 5.97 Å². The number of fused-ring (bicyclic) bond motifs is 1. The molecule has 0 saturated carbocycles. The molecule has 2 aromatic heterocycles. The summed E-state index contributed by atoms with van der Waals surface area (Å²) in [6, 6.07) is 3.26. The second-order valence-electron chi connectivity index (χ2n) is 3.51. The number of ether oxygens (including phenoxy) is 1. The number of halogens is 1. The van der Waals surface area contributed by atoms with Crippen LogP contribution in [0.2, 0.25) is 0 Å². The van der Waals surface area contributed by atoms with Crippen molar-refractivity contribution in [2.75, 3.05) is 13.7 Å². The Morgan fingerprint density at radius 2 is 2.41 bits per heavy atom. The highest BCUT2D eigenvalue weighted by Crippen LogP contribution is 2.23. The van der Waals surface area contributed by atoms with Crippen LogP contribution in [0.15, 0.2) is 22.9 Å². The van der Waals surface area contributed by atoms with Crippen LogP contribution in [-0.2, 0) is 11.2 Å². The van der Waals surface area contributed by atoms with Gasteiger partial charge < -0.3 is 14.2 Å². The Kier molecular flexibility index (Phi) is 3.44. The second-order valence-corrected chi connectivity index (χ2v) is 4.26. The topological polar surface area (TPSA) is 63.8 Å². The molecule has 2 aromatic rings. The molecule has 2 heterocycles. The maximum absolute atomic E-state index is 11.1. The van der Waals surface area contributed by atoms with Gasteiger partial charge in [0.05, 0.1) is 17.7 Å². The van der Waals surface area contributed by atoms with Gasteiger partial charge >= 0.3 is 5.97 Å². The van der Waals surface area contributed by atoms with Crippen molar-refractivity contribution in [2.24, 2.45) is 0 Å². The predicted octanol–water partition coefficient (Wildman–Crippen LogP) is 1.98. The standard InChI is InChI=1S/C11H11BrN2O3/c1-17-6-4-8-13-10(12)9-7(11(15)16)3-2-5-14(8)9/h2-3,5H,4,6H2,1H3,(H,15,16). The van der Waals surface area contributed by atoms with Gasteiger partial charge in [-0.05, 0) is 28.1 Å². The highest BCUT2D eigenvalue weighted by Gasteiger charge is 2.16. The van der Waals surface area contributed by atoms with Crippen molar-refractivity contribution in [3.63, 3.8) is 0 Å². The molecule has 0 bridgehead atoms. The molecule has 0 aliphatic heterocycles.